The number of halogens is 1. The van der Waals surface area contributed by atoms with Crippen LogP contribution in [-0.2, 0) is 4.74 Å². The van der Waals surface area contributed by atoms with Gasteiger partial charge in [-0.2, -0.15) is 0 Å². The Labute approximate surface area is 138 Å². The summed E-state index contributed by atoms with van der Waals surface area (Å²) >= 11 is 3.49. The Balaban J connectivity index is 2.55. The van der Waals surface area contributed by atoms with Crippen LogP contribution in [0.25, 0.3) is 0 Å². The van der Waals surface area contributed by atoms with Crippen LogP contribution >= 0.6 is 15.9 Å². The van der Waals surface area contributed by atoms with Gasteiger partial charge >= 0.3 is 0 Å². The van der Waals surface area contributed by atoms with Gasteiger partial charge in [-0.15, -0.1) is 0 Å². The van der Waals surface area contributed by atoms with Gasteiger partial charge in [0, 0.05) is 37.3 Å². The maximum atomic E-state index is 5.22. The molecule has 1 unspecified atom stereocenters. The summed E-state index contributed by atoms with van der Waals surface area (Å²) in [5.74, 6) is 0.683. The van der Waals surface area contributed by atoms with Crippen LogP contribution in [0.1, 0.15) is 31.9 Å². The van der Waals surface area contributed by atoms with E-state index in [2.05, 4.69) is 64.3 Å². The zero-order valence-electron chi connectivity index (χ0n) is 13.7. The van der Waals surface area contributed by atoms with E-state index in [9.17, 15) is 0 Å². The van der Waals surface area contributed by atoms with E-state index in [0.717, 1.165) is 37.1 Å². The van der Waals surface area contributed by atoms with Gasteiger partial charge in [0.15, 0.2) is 0 Å². The first-order chi connectivity index (χ1) is 10.1. The van der Waals surface area contributed by atoms with Gasteiger partial charge in [-0.3, -0.25) is 0 Å². The predicted octanol–water partition coefficient (Wildman–Crippen LogP) is 3.70. The zero-order chi connectivity index (χ0) is 15.7. The molecule has 1 N–H and O–H groups in total. The lowest BCUT2D eigenvalue weighted by Gasteiger charge is -2.26. The van der Waals surface area contributed by atoms with Gasteiger partial charge in [0.1, 0.15) is 0 Å². The molecule has 0 aromatic heterocycles. The highest BCUT2D eigenvalue weighted by Crippen LogP contribution is 2.20. The second kappa shape index (κ2) is 10.3. The van der Waals surface area contributed by atoms with E-state index < -0.39 is 0 Å². The van der Waals surface area contributed by atoms with Crippen LogP contribution in [0.5, 0.6) is 0 Å². The first-order valence-electron chi connectivity index (χ1n) is 7.70. The summed E-state index contributed by atoms with van der Waals surface area (Å²) in [4.78, 5) is 2.50. The second-order valence-corrected chi connectivity index (χ2v) is 6.78. The highest BCUT2D eigenvalue weighted by molar-refractivity contribution is 9.10. The molecule has 1 rings (SSSR count). The summed E-state index contributed by atoms with van der Waals surface area (Å²) in [5, 5.41) is 3.43. The third kappa shape index (κ3) is 7.41. The molecule has 0 spiro atoms. The molecular weight excluding hydrogens is 328 g/mol. The van der Waals surface area contributed by atoms with Crippen molar-refractivity contribution in [3.05, 3.63) is 34.3 Å². The summed E-state index contributed by atoms with van der Waals surface area (Å²) in [7, 11) is 3.81. The molecule has 21 heavy (non-hydrogen) atoms. The summed E-state index contributed by atoms with van der Waals surface area (Å²) < 4.78 is 6.35. The van der Waals surface area contributed by atoms with Crippen LogP contribution in [0.2, 0.25) is 0 Å². The maximum Gasteiger partial charge on any atom is 0.0589 e. The number of ether oxygens (including phenoxy) is 1. The lowest BCUT2D eigenvalue weighted by molar-refractivity contribution is 0.137. The van der Waals surface area contributed by atoms with Crippen molar-refractivity contribution in [2.45, 2.75) is 26.3 Å². The van der Waals surface area contributed by atoms with Gasteiger partial charge in [-0.25, -0.2) is 0 Å². The number of hydrogen-bond donors (Lipinski definition) is 1. The fourth-order valence-electron chi connectivity index (χ4n) is 2.52. The minimum atomic E-state index is 0.398. The van der Waals surface area contributed by atoms with Crippen molar-refractivity contribution in [2.75, 3.05) is 40.4 Å². The molecule has 3 nitrogen and oxygen atoms in total. The molecule has 0 radical (unpaired) electrons. The summed E-state index contributed by atoms with van der Waals surface area (Å²) in [6, 6.07) is 8.99. The van der Waals surface area contributed by atoms with E-state index in [-0.39, 0.29) is 0 Å². The molecule has 0 saturated carbocycles. The zero-order valence-corrected chi connectivity index (χ0v) is 15.3. The molecule has 120 valence electrons. The van der Waals surface area contributed by atoms with Crippen molar-refractivity contribution in [1.82, 2.24) is 10.2 Å². The SMILES string of the molecule is CNC(CCN(CCOC)CC(C)C)c1ccc(Br)cc1. The normalized spacial score (nSPS) is 13.1. The van der Waals surface area contributed by atoms with Gasteiger partial charge in [-0.1, -0.05) is 41.9 Å². The fraction of sp³-hybridized carbons (Fsp3) is 0.647. The molecule has 0 bridgehead atoms. The quantitative estimate of drug-likeness (QED) is 0.691. The van der Waals surface area contributed by atoms with Crippen LogP contribution in [0.4, 0.5) is 0 Å². The predicted molar refractivity (Wildman–Crippen MR) is 93.7 cm³/mol. The summed E-state index contributed by atoms with van der Waals surface area (Å²) in [5.41, 5.74) is 1.34. The van der Waals surface area contributed by atoms with Crippen LogP contribution in [0.15, 0.2) is 28.7 Å². The molecular formula is C17H29BrN2O. The Morgan fingerprint density at radius 3 is 2.38 bits per heavy atom. The van der Waals surface area contributed by atoms with Gasteiger partial charge in [0.05, 0.1) is 6.61 Å². The van der Waals surface area contributed by atoms with Crippen molar-refractivity contribution in [3.8, 4) is 0 Å². The number of hydrogen-bond acceptors (Lipinski definition) is 3. The van der Waals surface area contributed by atoms with Crippen molar-refractivity contribution in [3.63, 3.8) is 0 Å². The highest BCUT2D eigenvalue weighted by atomic mass is 79.9. The Kier molecular flexibility index (Phi) is 9.16. The minimum absolute atomic E-state index is 0.398. The first-order valence-corrected chi connectivity index (χ1v) is 8.50. The molecule has 0 aliphatic rings. The summed E-state index contributed by atoms with van der Waals surface area (Å²) in [6.07, 6.45) is 1.11. The average molecular weight is 357 g/mol. The van der Waals surface area contributed by atoms with E-state index in [1.807, 2.05) is 7.05 Å². The topological polar surface area (TPSA) is 24.5 Å². The minimum Gasteiger partial charge on any atom is -0.383 e. The molecule has 0 saturated heterocycles. The Morgan fingerprint density at radius 1 is 1.19 bits per heavy atom. The van der Waals surface area contributed by atoms with Crippen LogP contribution < -0.4 is 5.32 Å². The highest BCUT2D eigenvalue weighted by Gasteiger charge is 2.13. The molecule has 0 heterocycles. The number of rotatable bonds is 10. The van der Waals surface area contributed by atoms with E-state index in [1.54, 1.807) is 7.11 Å². The third-order valence-electron chi connectivity index (χ3n) is 3.59. The van der Waals surface area contributed by atoms with Crippen LogP contribution in [-0.4, -0.2) is 45.3 Å². The van der Waals surface area contributed by atoms with E-state index in [1.165, 1.54) is 5.56 Å². The third-order valence-corrected chi connectivity index (χ3v) is 4.12. The van der Waals surface area contributed by atoms with E-state index >= 15 is 0 Å². The number of methoxy groups -OCH3 is 1. The largest absolute Gasteiger partial charge is 0.383 e. The lowest BCUT2D eigenvalue weighted by atomic mass is 10.0. The van der Waals surface area contributed by atoms with Crippen LogP contribution in [0, 0.1) is 5.92 Å². The Bertz CT molecular complexity index is 381. The van der Waals surface area contributed by atoms with Gasteiger partial charge < -0.3 is 15.0 Å². The first kappa shape index (κ1) is 18.6. The second-order valence-electron chi connectivity index (χ2n) is 5.87. The lowest BCUT2D eigenvalue weighted by Crippen LogP contribution is -2.34. The molecule has 1 atom stereocenters. The molecule has 0 fully saturated rings. The van der Waals surface area contributed by atoms with Gasteiger partial charge in [0.25, 0.3) is 0 Å². The van der Waals surface area contributed by atoms with Gasteiger partial charge in [0.2, 0.25) is 0 Å². The summed E-state index contributed by atoms with van der Waals surface area (Å²) in [6.45, 7) is 8.55. The molecule has 1 aromatic rings. The van der Waals surface area contributed by atoms with E-state index in [4.69, 9.17) is 4.74 Å². The molecule has 0 aliphatic carbocycles. The fourth-order valence-corrected chi connectivity index (χ4v) is 2.78. The van der Waals surface area contributed by atoms with Crippen LogP contribution in [0.3, 0.4) is 0 Å². The standard InChI is InChI=1S/C17H29BrN2O/c1-14(2)13-20(11-12-21-4)10-9-17(19-3)15-5-7-16(18)8-6-15/h5-8,14,17,19H,9-13H2,1-4H3. The Morgan fingerprint density at radius 2 is 1.86 bits per heavy atom. The average Bonchev–Trinajstić information content (AvgIpc) is 2.46. The van der Waals surface area contributed by atoms with Gasteiger partial charge in [-0.05, 0) is 37.1 Å². The number of nitrogens with zero attached hydrogens (tertiary/aromatic N) is 1. The molecule has 4 heteroatoms. The smallest absolute Gasteiger partial charge is 0.0589 e. The van der Waals surface area contributed by atoms with E-state index in [0.29, 0.717) is 12.0 Å². The number of benzene rings is 1. The van der Waals surface area contributed by atoms with Crippen molar-refractivity contribution in [1.29, 1.82) is 0 Å². The molecule has 0 aliphatic heterocycles. The van der Waals surface area contributed by atoms with Crippen molar-refractivity contribution < 1.29 is 4.74 Å². The monoisotopic (exact) mass is 356 g/mol. The van der Waals surface area contributed by atoms with Crippen molar-refractivity contribution >= 4 is 15.9 Å². The molecule has 0 amide bonds. The van der Waals surface area contributed by atoms with Crippen molar-refractivity contribution in [2.24, 2.45) is 5.92 Å². The maximum absolute atomic E-state index is 5.22. The number of nitrogens with one attached hydrogen (secondary N) is 1. The molecule has 1 aromatic carbocycles. The Hall–Kier alpha value is -0.420.